The molecule has 0 saturated heterocycles. The summed E-state index contributed by atoms with van der Waals surface area (Å²) < 4.78 is 20.8. The van der Waals surface area contributed by atoms with Crippen LogP contribution in [0.5, 0.6) is 11.5 Å². The number of hydrogen-bond donors (Lipinski definition) is 1. The Labute approximate surface area is 252 Å². The van der Waals surface area contributed by atoms with Crippen molar-refractivity contribution in [2.45, 2.75) is 76.7 Å². The highest BCUT2D eigenvalue weighted by Crippen LogP contribution is 2.39. The molecule has 43 heavy (non-hydrogen) atoms. The Morgan fingerprint density at radius 3 is 2.26 bits per heavy atom. The monoisotopic (exact) mass is 605 g/mol. The first kappa shape index (κ1) is 36.7. The maximum atomic E-state index is 12.7. The maximum absolute atomic E-state index is 12.7. The summed E-state index contributed by atoms with van der Waals surface area (Å²) >= 11 is 0. The molecule has 1 atom stereocenters. The van der Waals surface area contributed by atoms with Gasteiger partial charge >= 0.3 is 12.1 Å². The van der Waals surface area contributed by atoms with Gasteiger partial charge in [-0.25, -0.2) is 4.79 Å². The largest absolute Gasteiger partial charge is 0.493 e. The van der Waals surface area contributed by atoms with Crippen LogP contribution in [0, 0.1) is 22.5 Å². The first-order chi connectivity index (χ1) is 20.6. The lowest BCUT2D eigenvalue weighted by Crippen LogP contribution is -2.31. The van der Waals surface area contributed by atoms with E-state index >= 15 is 0 Å². The molecule has 1 unspecified atom stereocenters. The number of methoxy groups -OCH3 is 3. The van der Waals surface area contributed by atoms with Crippen molar-refractivity contribution >= 4 is 29.4 Å². The molecule has 0 aliphatic heterocycles. The van der Waals surface area contributed by atoms with Gasteiger partial charge in [0.25, 0.3) is 5.69 Å². The van der Waals surface area contributed by atoms with Crippen molar-refractivity contribution in [2.75, 3.05) is 41.5 Å². The van der Waals surface area contributed by atoms with Crippen LogP contribution in [0.25, 0.3) is 0 Å². The lowest BCUT2D eigenvalue weighted by atomic mass is 10.0. The lowest BCUT2D eigenvalue weighted by molar-refractivity contribution is -0.386. The predicted octanol–water partition coefficient (Wildman–Crippen LogP) is 4.50. The van der Waals surface area contributed by atoms with Crippen LogP contribution in [0.1, 0.15) is 82.3 Å². The minimum absolute atomic E-state index is 0.0634. The molecule has 0 radical (unpaired) electrons. The van der Waals surface area contributed by atoms with Crippen molar-refractivity contribution in [1.29, 1.82) is 0 Å². The fraction of sp³-hybridized carbons (Fsp3) is 0.600. The van der Waals surface area contributed by atoms with Crippen LogP contribution in [0.15, 0.2) is 12.1 Å². The lowest BCUT2D eigenvalue weighted by Gasteiger charge is -2.23. The standard InChI is InChI=1S/C30H43N3O10/c1-6-7-13-22(34)14-9-8-12-18-31-30(37)43-25(17-19-32(2)28(35)15-10-11-16-29(36)42-5)23-20-26(40-3)27(41-4)21-24(23)33(38)39/h1,20-21,25H,7-19H2,2-5H3,(H,31,37). The minimum atomic E-state index is -1.09. The molecular weight excluding hydrogens is 562 g/mol. The van der Waals surface area contributed by atoms with Gasteiger partial charge in [-0.2, -0.15) is 0 Å². The number of nitrogens with zero attached hydrogens (tertiary/aromatic N) is 2. The molecule has 0 bridgehead atoms. The number of alkyl carbamates (subject to hydrolysis) is 1. The van der Waals surface area contributed by atoms with E-state index in [4.69, 9.17) is 20.6 Å². The Balaban J connectivity index is 2.91. The van der Waals surface area contributed by atoms with Crippen molar-refractivity contribution in [3.8, 4) is 23.8 Å². The van der Waals surface area contributed by atoms with E-state index in [9.17, 15) is 29.3 Å². The molecule has 13 nitrogen and oxygen atoms in total. The minimum Gasteiger partial charge on any atom is -0.493 e. The molecule has 1 aromatic carbocycles. The molecule has 1 rings (SSSR count). The molecule has 1 aromatic rings. The van der Waals surface area contributed by atoms with Crippen molar-refractivity contribution in [2.24, 2.45) is 0 Å². The summed E-state index contributed by atoms with van der Waals surface area (Å²) in [6, 6.07) is 2.59. The average molecular weight is 606 g/mol. The Kier molecular flexibility index (Phi) is 17.5. The molecule has 1 N–H and O–H groups in total. The van der Waals surface area contributed by atoms with Crippen LogP contribution < -0.4 is 14.8 Å². The molecule has 0 aliphatic carbocycles. The number of terminal acetylenes is 1. The SMILES string of the molecule is C#CCCC(=O)CCCCCNC(=O)OC(CCN(C)C(=O)CCCCC(=O)OC)c1cc(OC)c(OC)cc1[N+](=O)[O-]. The Morgan fingerprint density at radius 1 is 0.977 bits per heavy atom. The Morgan fingerprint density at radius 2 is 1.63 bits per heavy atom. The smallest absolute Gasteiger partial charge is 0.407 e. The first-order valence-electron chi connectivity index (χ1n) is 14.2. The van der Waals surface area contributed by atoms with Gasteiger partial charge in [0.2, 0.25) is 5.91 Å². The third-order valence-electron chi connectivity index (χ3n) is 6.68. The van der Waals surface area contributed by atoms with Gasteiger partial charge in [-0.05, 0) is 31.7 Å². The van der Waals surface area contributed by atoms with Gasteiger partial charge in [0.1, 0.15) is 11.9 Å². The van der Waals surface area contributed by atoms with Crippen molar-refractivity contribution in [3.63, 3.8) is 0 Å². The van der Waals surface area contributed by atoms with Crippen LogP contribution in [0.3, 0.4) is 0 Å². The fourth-order valence-corrected chi connectivity index (χ4v) is 4.17. The highest BCUT2D eigenvalue weighted by molar-refractivity contribution is 5.78. The molecule has 0 aliphatic rings. The van der Waals surface area contributed by atoms with E-state index in [0.717, 1.165) is 0 Å². The molecule has 13 heteroatoms. The molecule has 0 aromatic heterocycles. The number of nitro benzene ring substituents is 1. The third-order valence-corrected chi connectivity index (χ3v) is 6.68. The molecule has 0 spiro atoms. The molecule has 0 fully saturated rings. The van der Waals surface area contributed by atoms with Crippen LogP contribution in [0.4, 0.5) is 10.5 Å². The second-order valence-corrected chi connectivity index (χ2v) is 9.78. The summed E-state index contributed by atoms with van der Waals surface area (Å²) in [6.07, 6.45) is 7.95. The number of hydrogen-bond acceptors (Lipinski definition) is 10. The summed E-state index contributed by atoms with van der Waals surface area (Å²) in [5.74, 6) is 2.36. The maximum Gasteiger partial charge on any atom is 0.407 e. The van der Waals surface area contributed by atoms with Crippen molar-refractivity contribution in [3.05, 3.63) is 27.8 Å². The van der Waals surface area contributed by atoms with E-state index in [0.29, 0.717) is 51.4 Å². The quantitative estimate of drug-likeness (QED) is 0.0693. The van der Waals surface area contributed by atoms with E-state index in [1.807, 2.05) is 0 Å². The number of unbranched alkanes of at least 4 members (excludes halogenated alkanes) is 3. The van der Waals surface area contributed by atoms with Gasteiger partial charge in [0, 0.05) is 58.7 Å². The highest BCUT2D eigenvalue weighted by Gasteiger charge is 2.29. The van der Waals surface area contributed by atoms with E-state index in [1.165, 1.54) is 38.4 Å². The molecule has 2 amide bonds. The molecule has 238 valence electrons. The van der Waals surface area contributed by atoms with E-state index in [-0.39, 0.29) is 72.8 Å². The number of nitrogens with one attached hydrogen (secondary N) is 1. The van der Waals surface area contributed by atoms with Gasteiger partial charge in [0.15, 0.2) is 11.5 Å². The molecule has 0 heterocycles. The summed E-state index contributed by atoms with van der Waals surface area (Å²) in [6.45, 7) is 0.412. The van der Waals surface area contributed by atoms with Gasteiger partial charge in [-0.1, -0.05) is 6.42 Å². The topological polar surface area (TPSA) is 164 Å². The van der Waals surface area contributed by atoms with E-state index in [2.05, 4.69) is 16.0 Å². The second kappa shape index (κ2) is 20.5. The summed E-state index contributed by atoms with van der Waals surface area (Å²) in [5, 5.41) is 14.6. The zero-order valence-electron chi connectivity index (χ0n) is 25.5. The number of carbonyl (C=O) groups excluding carboxylic acids is 4. The number of ketones is 1. The number of nitro groups is 1. The van der Waals surface area contributed by atoms with Crippen LogP contribution in [-0.4, -0.2) is 75.0 Å². The number of amides is 2. The van der Waals surface area contributed by atoms with Crippen LogP contribution in [0.2, 0.25) is 0 Å². The number of benzene rings is 1. The summed E-state index contributed by atoms with van der Waals surface area (Å²) in [5.41, 5.74) is -0.246. The van der Waals surface area contributed by atoms with Crippen molar-refractivity contribution < 1.29 is 43.0 Å². The number of carbonyl (C=O) groups is 4. The fourth-order valence-electron chi connectivity index (χ4n) is 4.17. The number of Topliss-reactive ketones (excluding diaryl/α,β-unsaturated/α-hetero) is 1. The van der Waals surface area contributed by atoms with Gasteiger partial charge in [0.05, 0.1) is 37.9 Å². The predicted molar refractivity (Wildman–Crippen MR) is 158 cm³/mol. The van der Waals surface area contributed by atoms with Gasteiger partial charge in [-0.3, -0.25) is 24.5 Å². The summed E-state index contributed by atoms with van der Waals surface area (Å²) in [4.78, 5) is 61.1. The first-order valence-corrected chi connectivity index (χ1v) is 14.2. The van der Waals surface area contributed by atoms with E-state index in [1.54, 1.807) is 7.05 Å². The van der Waals surface area contributed by atoms with Crippen molar-refractivity contribution in [1.82, 2.24) is 10.2 Å². The zero-order chi connectivity index (χ0) is 32.2. The number of rotatable bonds is 21. The zero-order valence-corrected chi connectivity index (χ0v) is 25.5. The third kappa shape index (κ3) is 13.9. The second-order valence-electron chi connectivity index (χ2n) is 9.78. The van der Waals surface area contributed by atoms with Gasteiger partial charge < -0.3 is 29.2 Å². The van der Waals surface area contributed by atoms with Crippen LogP contribution >= 0.6 is 0 Å². The Hall–Kier alpha value is -4.34. The Bertz CT molecular complexity index is 1130. The number of esters is 1. The highest BCUT2D eigenvalue weighted by atomic mass is 16.6. The summed E-state index contributed by atoms with van der Waals surface area (Å²) in [7, 11) is 5.62. The van der Waals surface area contributed by atoms with E-state index < -0.39 is 17.1 Å². The average Bonchev–Trinajstić information content (AvgIpc) is 3.00. The number of ether oxygens (including phenoxy) is 4. The molecule has 0 saturated carbocycles. The molecular formula is C30H43N3O10. The van der Waals surface area contributed by atoms with Crippen LogP contribution in [-0.2, 0) is 23.9 Å². The van der Waals surface area contributed by atoms with Gasteiger partial charge in [-0.15, -0.1) is 12.3 Å². The normalized spacial score (nSPS) is 11.0.